The third-order valence-corrected chi connectivity index (χ3v) is 0.898. The molecule has 0 rings (SSSR count). The zero-order chi connectivity index (χ0) is 4.99. The second-order valence-corrected chi connectivity index (χ2v) is 1.53. The largest absolute Gasteiger partial charge is 0.220 e. The zero-order valence-corrected chi connectivity index (χ0v) is 4.31. The fourth-order valence-corrected chi connectivity index (χ4v) is 0.105. The highest BCUT2D eigenvalue weighted by molar-refractivity contribution is 4.32. The van der Waals surface area contributed by atoms with E-state index in [1.165, 1.54) is 5.48 Å². The predicted molar refractivity (Wildman–Crippen MR) is 23.5 cm³/mol. The van der Waals surface area contributed by atoms with E-state index < -0.39 is 0 Å². The van der Waals surface area contributed by atoms with E-state index >= 15 is 0 Å². The Morgan fingerprint density at radius 2 is 2.33 bits per heavy atom. The molecule has 3 N–H and O–H groups in total. The summed E-state index contributed by atoms with van der Waals surface area (Å²) in [6.45, 7) is 4.01. The molecular formula is C4H12NO+. The molecule has 1 atom stereocenters. The zero-order valence-electron chi connectivity index (χ0n) is 4.31. The first-order chi connectivity index (χ1) is 2.81. The van der Waals surface area contributed by atoms with E-state index in [-0.39, 0.29) is 0 Å². The van der Waals surface area contributed by atoms with Gasteiger partial charge in [0.1, 0.15) is 6.04 Å². The molecule has 0 saturated heterocycles. The van der Waals surface area contributed by atoms with Crippen molar-refractivity contribution in [3.8, 4) is 0 Å². The van der Waals surface area contributed by atoms with Gasteiger partial charge in [0.25, 0.3) is 0 Å². The highest BCUT2D eigenvalue weighted by atomic mass is 16.5. The van der Waals surface area contributed by atoms with Gasteiger partial charge >= 0.3 is 0 Å². The Hall–Kier alpha value is -0.0800. The highest BCUT2D eigenvalue weighted by Gasteiger charge is 1.93. The molecule has 6 heavy (non-hydrogen) atoms. The molecule has 0 spiro atoms. The number of rotatable bonds is 2. The summed E-state index contributed by atoms with van der Waals surface area (Å²) < 4.78 is 0. The summed E-state index contributed by atoms with van der Waals surface area (Å²) in [7, 11) is 0. The predicted octanol–water partition coefficient (Wildman–Crippen LogP) is -0.262. The monoisotopic (exact) mass is 90.1 g/mol. The molecule has 0 aromatic heterocycles. The SMILES string of the molecule is CCC(C)[NH2+]O. The first-order valence-electron chi connectivity index (χ1n) is 2.28. The second-order valence-electron chi connectivity index (χ2n) is 1.53. The lowest BCUT2D eigenvalue weighted by Gasteiger charge is -1.95. The molecular weight excluding hydrogens is 78.0 g/mol. The normalized spacial score (nSPS) is 14.5. The maximum Gasteiger partial charge on any atom is 0.112 e. The Balaban J connectivity index is 2.75. The average Bonchev–Trinajstić information content (AvgIpc) is 1.65. The molecule has 1 unspecified atom stereocenters. The van der Waals surface area contributed by atoms with Crippen molar-refractivity contribution in [3.63, 3.8) is 0 Å². The minimum Gasteiger partial charge on any atom is -0.220 e. The molecule has 2 heteroatoms. The number of hydrogen-bond donors (Lipinski definition) is 2. The Kier molecular flexibility index (Phi) is 3.08. The molecule has 0 aromatic carbocycles. The first-order valence-corrected chi connectivity index (χ1v) is 2.28. The van der Waals surface area contributed by atoms with Crippen LogP contribution in [0.4, 0.5) is 0 Å². The van der Waals surface area contributed by atoms with E-state index in [4.69, 9.17) is 5.21 Å². The van der Waals surface area contributed by atoms with E-state index in [0.29, 0.717) is 6.04 Å². The summed E-state index contributed by atoms with van der Waals surface area (Å²) in [6.07, 6.45) is 1.02. The van der Waals surface area contributed by atoms with Gasteiger partial charge in [-0.15, -0.1) is 0 Å². The van der Waals surface area contributed by atoms with Crippen molar-refractivity contribution in [3.05, 3.63) is 0 Å². The van der Waals surface area contributed by atoms with Crippen LogP contribution in [0.25, 0.3) is 0 Å². The number of quaternary nitrogens is 1. The van der Waals surface area contributed by atoms with Gasteiger partial charge in [-0.2, -0.15) is 0 Å². The van der Waals surface area contributed by atoms with Crippen molar-refractivity contribution in [2.75, 3.05) is 0 Å². The van der Waals surface area contributed by atoms with Gasteiger partial charge in [-0.3, -0.25) is 0 Å². The van der Waals surface area contributed by atoms with Crippen molar-refractivity contribution < 1.29 is 10.7 Å². The minimum atomic E-state index is 0.366. The van der Waals surface area contributed by atoms with Crippen LogP contribution in [0.2, 0.25) is 0 Å². The van der Waals surface area contributed by atoms with E-state index in [1.807, 2.05) is 13.8 Å². The van der Waals surface area contributed by atoms with Gasteiger partial charge in [0.2, 0.25) is 0 Å². The van der Waals surface area contributed by atoms with Gasteiger partial charge in [-0.25, -0.2) is 10.7 Å². The second kappa shape index (κ2) is 3.12. The lowest BCUT2D eigenvalue weighted by molar-refractivity contribution is -0.908. The number of nitrogens with two attached hydrogens (primary N) is 1. The topological polar surface area (TPSA) is 36.8 Å². The summed E-state index contributed by atoms with van der Waals surface area (Å²) >= 11 is 0. The summed E-state index contributed by atoms with van der Waals surface area (Å²) in [4.78, 5) is 0. The molecule has 0 aliphatic rings. The maximum atomic E-state index is 8.21. The number of hydroxylamine groups is 1. The van der Waals surface area contributed by atoms with Crippen LogP contribution >= 0.6 is 0 Å². The van der Waals surface area contributed by atoms with Gasteiger partial charge in [0, 0.05) is 0 Å². The molecule has 0 bridgehead atoms. The molecule has 0 fully saturated rings. The van der Waals surface area contributed by atoms with Crippen LogP contribution in [0.1, 0.15) is 20.3 Å². The fourth-order valence-electron chi connectivity index (χ4n) is 0.105. The lowest BCUT2D eigenvalue weighted by atomic mass is 10.3. The maximum absolute atomic E-state index is 8.21. The number of hydrogen-bond acceptors (Lipinski definition) is 1. The molecule has 0 aliphatic carbocycles. The molecule has 2 nitrogen and oxygen atoms in total. The molecule has 0 saturated carbocycles. The van der Waals surface area contributed by atoms with Crippen molar-refractivity contribution >= 4 is 0 Å². The van der Waals surface area contributed by atoms with Crippen molar-refractivity contribution in [2.24, 2.45) is 0 Å². The van der Waals surface area contributed by atoms with Crippen molar-refractivity contribution in [1.82, 2.24) is 0 Å². The summed E-state index contributed by atoms with van der Waals surface area (Å²) in [5.74, 6) is 0. The summed E-state index contributed by atoms with van der Waals surface area (Å²) in [5, 5.41) is 8.21. The van der Waals surface area contributed by atoms with E-state index in [2.05, 4.69) is 0 Å². The van der Waals surface area contributed by atoms with Crippen LogP contribution in [0.15, 0.2) is 0 Å². The van der Waals surface area contributed by atoms with E-state index in [1.54, 1.807) is 0 Å². The molecule has 0 radical (unpaired) electrons. The minimum absolute atomic E-state index is 0.366. The quantitative estimate of drug-likeness (QED) is 0.450. The van der Waals surface area contributed by atoms with Crippen LogP contribution in [0.5, 0.6) is 0 Å². The van der Waals surface area contributed by atoms with Gasteiger partial charge < -0.3 is 0 Å². The average molecular weight is 90.1 g/mol. The van der Waals surface area contributed by atoms with Crippen LogP contribution in [-0.4, -0.2) is 11.2 Å². The Labute approximate surface area is 38.1 Å². The molecule has 0 aromatic rings. The lowest BCUT2D eigenvalue weighted by Crippen LogP contribution is -2.85. The highest BCUT2D eigenvalue weighted by Crippen LogP contribution is 1.75. The standard InChI is InChI=1S/C4H11NO/c1-3-4(2)5-6/h4-6H,3H2,1-2H3/p+1. The molecule has 0 aliphatic heterocycles. The van der Waals surface area contributed by atoms with Gasteiger partial charge in [0.05, 0.1) is 0 Å². The van der Waals surface area contributed by atoms with Crippen LogP contribution < -0.4 is 5.48 Å². The van der Waals surface area contributed by atoms with E-state index in [9.17, 15) is 0 Å². The van der Waals surface area contributed by atoms with Crippen molar-refractivity contribution in [2.45, 2.75) is 26.3 Å². The molecule has 38 valence electrons. The Morgan fingerprint density at radius 1 is 1.83 bits per heavy atom. The van der Waals surface area contributed by atoms with Crippen LogP contribution in [0, 0.1) is 0 Å². The fraction of sp³-hybridized carbons (Fsp3) is 1.00. The Bertz CT molecular complexity index is 26.7. The molecule has 0 amide bonds. The third-order valence-electron chi connectivity index (χ3n) is 0.898. The smallest absolute Gasteiger partial charge is 0.112 e. The Morgan fingerprint density at radius 3 is 2.33 bits per heavy atom. The summed E-state index contributed by atoms with van der Waals surface area (Å²) in [6, 6.07) is 0.366. The van der Waals surface area contributed by atoms with E-state index in [0.717, 1.165) is 6.42 Å². The van der Waals surface area contributed by atoms with Crippen LogP contribution in [-0.2, 0) is 0 Å². The van der Waals surface area contributed by atoms with Gasteiger partial charge in [-0.1, -0.05) is 6.92 Å². The third kappa shape index (κ3) is 2.18. The van der Waals surface area contributed by atoms with Crippen molar-refractivity contribution in [1.29, 1.82) is 0 Å². The van der Waals surface area contributed by atoms with Gasteiger partial charge in [0.15, 0.2) is 0 Å². The first kappa shape index (κ1) is 5.92. The molecule has 0 heterocycles. The van der Waals surface area contributed by atoms with Crippen LogP contribution in [0.3, 0.4) is 0 Å². The summed E-state index contributed by atoms with van der Waals surface area (Å²) in [5.41, 5.74) is 1.22. The van der Waals surface area contributed by atoms with Gasteiger partial charge in [-0.05, 0) is 13.3 Å².